The molecule has 0 spiro atoms. The third kappa shape index (κ3) is 4.78. The monoisotopic (exact) mass is 440 g/mol. The van der Waals surface area contributed by atoms with E-state index >= 15 is 0 Å². The highest BCUT2D eigenvalue weighted by atomic mass is 35.5. The lowest BCUT2D eigenvalue weighted by molar-refractivity contribution is -0.116. The van der Waals surface area contributed by atoms with Crippen LogP contribution in [0, 0.1) is 0 Å². The lowest BCUT2D eigenvalue weighted by atomic mass is 10.3. The molecule has 0 aliphatic carbocycles. The average molecular weight is 442 g/mol. The molecule has 0 saturated heterocycles. The van der Waals surface area contributed by atoms with Gasteiger partial charge < -0.3 is 5.32 Å². The summed E-state index contributed by atoms with van der Waals surface area (Å²) >= 11 is 23.6. The summed E-state index contributed by atoms with van der Waals surface area (Å²) in [5.41, 5.74) is 0.283. The number of sulfonamides is 1. The van der Waals surface area contributed by atoms with E-state index < -0.39 is 22.5 Å². The Labute approximate surface area is 165 Å². The molecule has 2 rings (SSSR count). The molecule has 0 aliphatic heterocycles. The zero-order chi connectivity index (χ0) is 18.8. The fraction of sp³-hybridized carbons (Fsp3) is 0.133. The highest BCUT2D eigenvalue weighted by Crippen LogP contribution is 2.30. The number of halogens is 4. The molecule has 5 nitrogen and oxygen atoms in total. The zero-order valence-electron chi connectivity index (χ0n) is 12.8. The smallest absolute Gasteiger partial charge is 0.244 e. The predicted octanol–water partition coefficient (Wildman–Crippen LogP) is 4.56. The molecular formula is C15H12Cl4N2O3S. The molecule has 10 heteroatoms. The van der Waals surface area contributed by atoms with Crippen LogP contribution in [0.4, 0.5) is 5.69 Å². The van der Waals surface area contributed by atoms with Crippen LogP contribution in [0.25, 0.3) is 0 Å². The van der Waals surface area contributed by atoms with Crippen molar-refractivity contribution in [3.8, 4) is 0 Å². The number of anilines is 1. The van der Waals surface area contributed by atoms with Crippen molar-refractivity contribution in [2.45, 2.75) is 4.90 Å². The number of benzene rings is 2. The number of carbonyl (C=O) groups excluding carboxylic acids is 1. The number of amides is 1. The summed E-state index contributed by atoms with van der Waals surface area (Å²) in [6.45, 7) is -0.450. The van der Waals surface area contributed by atoms with Crippen molar-refractivity contribution in [2.24, 2.45) is 0 Å². The topological polar surface area (TPSA) is 66.5 Å². The van der Waals surface area contributed by atoms with Gasteiger partial charge in [-0.05, 0) is 30.3 Å². The van der Waals surface area contributed by atoms with Crippen LogP contribution in [0.15, 0.2) is 41.3 Å². The van der Waals surface area contributed by atoms with Crippen LogP contribution in [0.3, 0.4) is 0 Å². The van der Waals surface area contributed by atoms with Crippen molar-refractivity contribution in [3.63, 3.8) is 0 Å². The normalized spacial score (nSPS) is 11.6. The summed E-state index contributed by atoms with van der Waals surface area (Å²) in [6, 6.07) is 8.79. The van der Waals surface area contributed by atoms with E-state index in [2.05, 4.69) is 5.32 Å². The van der Waals surface area contributed by atoms with Gasteiger partial charge in [-0.1, -0.05) is 52.5 Å². The number of nitrogens with one attached hydrogen (secondary N) is 1. The Morgan fingerprint density at radius 1 is 1.08 bits per heavy atom. The molecule has 0 unspecified atom stereocenters. The van der Waals surface area contributed by atoms with Crippen LogP contribution in [-0.4, -0.2) is 32.2 Å². The molecular weight excluding hydrogens is 430 g/mol. The van der Waals surface area contributed by atoms with Crippen LogP contribution in [0.1, 0.15) is 0 Å². The molecule has 0 atom stereocenters. The van der Waals surface area contributed by atoms with Crippen LogP contribution < -0.4 is 5.32 Å². The molecule has 25 heavy (non-hydrogen) atoms. The van der Waals surface area contributed by atoms with Gasteiger partial charge in [-0.3, -0.25) is 4.79 Å². The summed E-state index contributed by atoms with van der Waals surface area (Å²) in [6.07, 6.45) is 0. The lowest BCUT2D eigenvalue weighted by Gasteiger charge is -2.18. The van der Waals surface area contributed by atoms with Crippen molar-refractivity contribution in [2.75, 3.05) is 18.9 Å². The minimum Gasteiger partial charge on any atom is -0.324 e. The van der Waals surface area contributed by atoms with Gasteiger partial charge in [0.1, 0.15) is 4.90 Å². The Morgan fingerprint density at radius 3 is 2.44 bits per heavy atom. The maximum absolute atomic E-state index is 12.6. The molecule has 0 bridgehead atoms. The Balaban J connectivity index is 2.17. The lowest BCUT2D eigenvalue weighted by Crippen LogP contribution is -2.35. The predicted molar refractivity (Wildman–Crippen MR) is 101 cm³/mol. The summed E-state index contributed by atoms with van der Waals surface area (Å²) in [5.74, 6) is -0.589. The van der Waals surface area contributed by atoms with E-state index in [1.165, 1.54) is 25.2 Å². The van der Waals surface area contributed by atoms with E-state index in [4.69, 9.17) is 46.4 Å². The molecule has 2 aromatic rings. The van der Waals surface area contributed by atoms with Gasteiger partial charge in [0.15, 0.2) is 0 Å². The highest BCUT2D eigenvalue weighted by molar-refractivity contribution is 7.89. The zero-order valence-corrected chi connectivity index (χ0v) is 16.6. The second-order valence-corrected chi connectivity index (χ2v) is 8.63. The second kappa shape index (κ2) is 8.12. The summed E-state index contributed by atoms with van der Waals surface area (Å²) in [7, 11) is -2.75. The Bertz CT molecular complexity index is 919. The van der Waals surface area contributed by atoms with Gasteiger partial charge in [-0.25, -0.2) is 8.42 Å². The quantitative estimate of drug-likeness (QED) is 0.739. The number of rotatable bonds is 5. The van der Waals surface area contributed by atoms with Crippen molar-refractivity contribution >= 4 is 68.0 Å². The van der Waals surface area contributed by atoms with Crippen LogP contribution >= 0.6 is 46.4 Å². The summed E-state index contributed by atoms with van der Waals surface area (Å²) < 4.78 is 26.0. The first kappa shape index (κ1) is 20.3. The molecule has 0 heterocycles. The van der Waals surface area contributed by atoms with Crippen molar-refractivity contribution in [1.82, 2.24) is 4.31 Å². The van der Waals surface area contributed by atoms with E-state index in [1.807, 2.05) is 0 Å². The van der Waals surface area contributed by atoms with E-state index in [0.29, 0.717) is 0 Å². The van der Waals surface area contributed by atoms with E-state index in [0.717, 1.165) is 4.31 Å². The van der Waals surface area contributed by atoms with Gasteiger partial charge in [-0.2, -0.15) is 4.31 Å². The summed E-state index contributed by atoms with van der Waals surface area (Å²) in [5, 5.41) is 3.17. The molecule has 0 radical (unpaired) electrons. The van der Waals surface area contributed by atoms with E-state index in [-0.39, 0.29) is 30.7 Å². The number of carbonyl (C=O) groups is 1. The van der Waals surface area contributed by atoms with Gasteiger partial charge in [0.2, 0.25) is 15.9 Å². The number of hydrogen-bond donors (Lipinski definition) is 1. The molecule has 0 fully saturated rings. The number of nitrogens with zero attached hydrogens (tertiary/aromatic N) is 1. The molecule has 1 N–H and O–H groups in total. The minimum atomic E-state index is -4.00. The third-order valence-electron chi connectivity index (χ3n) is 3.17. The largest absolute Gasteiger partial charge is 0.324 e. The fourth-order valence-electron chi connectivity index (χ4n) is 1.92. The van der Waals surface area contributed by atoms with Gasteiger partial charge in [0, 0.05) is 12.1 Å². The molecule has 1 amide bonds. The van der Waals surface area contributed by atoms with E-state index in [9.17, 15) is 13.2 Å². The Morgan fingerprint density at radius 2 is 1.76 bits per heavy atom. The van der Waals surface area contributed by atoms with E-state index in [1.54, 1.807) is 18.2 Å². The van der Waals surface area contributed by atoms with Crippen LogP contribution in [-0.2, 0) is 14.8 Å². The maximum Gasteiger partial charge on any atom is 0.244 e. The van der Waals surface area contributed by atoms with Gasteiger partial charge in [0.25, 0.3) is 0 Å². The Hall–Kier alpha value is -1.02. The number of hydrogen-bond acceptors (Lipinski definition) is 3. The fourth-order valence-corrected chi connectivity index (χ4v) is 4.13. The molecule has 134 valence electrons. The highest BCUT2D eigenvalue weighted by Gasteiger charge is 2.26. The average Bonchev–Trinajstić information content (AvgIpc) is 2.53. The van der Waals surface area contributed by atoms with Crippen LogP contribution in [0.2, 0.25) is 20.1 Å². The molecule has 2 aromatic carbocycles. The van der Waals surface area contributed by atoms with Crippen molar-refractivity contribution < 1.29 is 13.2 Å². The van der Waals surface area contributed by atoms with Gasteiger partial charge in [0.05, 0.1) is 27.3 Å². The van der Waals surface area contributed by atoms with Gasteiger partial charge in [-0.15, -0.1) is 0 Å². The molecule has 0 saturated carbocycles. The molecule has 0 aliphatic rings. The van der Waals surface area contributed by atoms with Crippen molar-refractivity contribution in [3.05, 3.63) is 56.5 Å². The van der Waals surface area contributed by atoms with Crippen molar-refractivity contribution in [1.29, 1.82) is 0 Å². The first-order valence-corrected chi connectivity index (χ1v) is 9.73. The number of likely N-dealkylation sites (N-methyl/N-ethyl adjacent to an activating group) is 1. The third-order valence-corrected chi connectivity index (χ3v) is 6.51. The standard InChI is InChI=1S/C15H12Cl4N2O3S/c1-21(25(23,24)13-7-9(16)5-6-10(13)17)8-14(22)20-12-4-2-3-11(18)15(12)19/h2-7H,8H2,1H3,(H,20,22). The second-order valence-electron chi connectivity index (χ2n) is 4.99. The molecule has 0 aromatic heterocycles. The summed E-state index contributed by atoms with van der Waals surface area (Å²) in [4.78, 5) is 12.0. The Kier molecular flexibility index (Phi) is 6.59. The minimum absolute atomic E-state index is 0.00884. The first-order valence-electron chi connectivity index (χ1n) is 6.78. The maximum atomic E-state index is 12.6. The SMILES string of the molecule is CN(CC(=O)Nc1cccc(Cl)c1Cl)S(=O)(=O)c1cc(Cl)ccc1Cl. The van der Waals surface area contributed by atoms with Crippen LogP contribution in [0.5, 0.6) is 0 Å². The van der Waals surface area contributed by atoms with Gasteiger partial charge >= 0.3 is 0 Å². The first-order chi connectivity index (χ1) is 11.6.